The molecule has 0 bridgehead atoms. The van der Waals surface area contributed by atoms with Gasteiger partial charge < -0.3 is 19.3 Å². The normalized spacial score (nSPS) is 19.3. The first-order valence-electron chi connectivity index (χ1n) is 6.24. The van der Waals surface area contributed by atoms with Crippen LogP contribution < -0.4 is 10.1 Å². The van der Waals surface area contributed by atoms with Gasteiger partial charge in [-0.1, -0.05) is 23.4 Å². The molecular weight excluding hydrogens is 246 g/mol. The van der Waals surface area contributed by atoms with Crippen LogP contribution in [0.4, 0.5) is 0 Å². The topological polar surface area (TPSA) is 69.4 Å². The Balaban J connectivity index is 1.58. The highest BCUT2D eigenvalue weighted by Gasteiger charge is 2.22. The zero-order chi connectivity index (χ0) is 12.9. The van der Waals surface area contributed by atoms with Crippen LogP contribution in [0.5, 0.6) is 5.75 Å². The molecule has 1 N–H and O–H groups in total. The highest BCUT2D eigenvalue weighted by atomic mass is 16.5. The molecule has 1 fully saturated rings. The maximum absolute atomic E-state index is 5.55. The van der Waals surface area contributed by atoms with Gasteiger partial charge in [0.15, 0.2) is 6.61 Å². The lowest BCUT2D eigenvalue weighted by atomic mass is 10.3. The number of hydrogen-bond donors (Lipinski definition) is 1. The van der Waals surface area contributed by atoms with Crippen molar-refractivity contribution >= 4 is 0 Å². The van der Waals surface area contributed by atoms with Crippen LogP contribution in [0.1, 0.15) is 17.8 Å². The summed E-state index contributed by atoms with van der Waals surface area (Å²) in [4.78, 5) is 4.28. The van der Waals surface area contributed by atoms with E-state index in [4.69, 9.17) is 14.0 Å². The molecule has 3 rings (SSSR count). The Bertz CT molecular complexity index is 509. The van der Waals surface area contributed by atoms with Crippen LogP contribution in [0.25, 0.3) is 0 Å². The third-order valence-corrected chi connectivity index (χ3v) is 2.80. The zero-order valence-corrected chi connectivity index (χ0v) is 10.4. The van der Waals surface area contributed by atoms with Crippen molar-refractivity contribution in [2.75, 3.05) is 19.7 Å². The van der Waals surface area contributed by atoms with Crippen molar-refractivity contribution in [3.05, 3.63) is 42.0 Å². The van der Waals surface area contributed by atoms with Crippen LogP contribution >= 0.6 is 0 Å². The Morgan fingerprint density at radius 1 is 1.32 bits per heavy atom. The summed E-state index contributed by atoms with van der Waals surface area (Å²) < 4.78 is 16.3. The lowest BCUT2D eigenvalue weighted by molar-refractivity contribution is 0.00755. The van der Waals surface area contributed by atoms with Gasteiger partial charge in [0.05, 0.1) is 6.61 Å². The fourth-order valence-electron chi connectivity index (χ4n) is 1.85. The molecule has 1 aromatic carbocycles. The lowest BCUT2D eigenvalue weighted by Gasteiger charge is -2.19. The van der Waals surface area contributed by atoms with Gasteiger partial charge in [0, 0.05) is 13.1 Å². The number of para-hydroxylation sites is 1. The molecule has 0 spiro atoms. The minimum Gasteiger partial charge on any atom is -0.485 e. The Labute approximate surface area is 110 Å². The molecule has 19 heavy (non-hydrogen) atoms. The standard InChI is InChI=1S/C13H15N3O3/c1-2-4-10(5-3-1)18-9-12-15-13(19-16-12)11-8-14-6-7-17-11/h1-5,11,14H,6-9H2/t11-/m1/s1. The molecule has 1 aliphatic rings. The monoisotopic (exact) mass is 261 g/mol. The maximum Gasteiger partial charge on any atom is 0.257 e. The Morgan fingerprint density at radius 2 is 2.21 bits per heavy atom. The smallest absolute Gasteiger partial charge is 0.257 e. The minimum atomic E-state index is -0.160. The molecule has 0 amide bonds. The number of aromatic nitrogens is 2. The average molecular weight is 261 g/mol. The molecule has 100 valence electrons. The number of ether oxygens (including phenoxy) is 2. The lowest BCUT2D eigenvalue weighted by Crippen LogP contribution is -2.33. The third-order valence-electron chi connectivity index (χ3n) is 2.80. The van der Waals surface area contributed by atoms with Crippen LogP contribution in [-0.4, -0.2) is 29.8 Å². The molecule has 2 heterocycles. The summed E-state index contributed by atoms with van der Waals surface area (Å²) in [7, 11) is 0. The summed E-state index contributed by atoms with van der Waals surface area (Å²) >= 11 is 0. The van der Waals surface area contributed by atoms with Crippen molar-refractivity contribution < 1.29 is 14.0 Å². The molecule has 6 heteroatoms. The van der Waals surface area contributed by atoms with Gasteiger partial charge in [0.1, 0.15) is 11.9 Å². The van der Waals surface area contributed by atoms with E-state index in [9.17, 15) is 0 Å². The van der Waals surface area contributed by atoms with Gasteiger partial charge >= 0.3 is 0 Å². The third kappa shape index (κ3) is 3.10. The molecular formula is C13H15N3O3. The fraction of sp³-hybridized carbons (Fsp3) is 0.385. The van der Waals surface area contributed by atoms with Gasteiger partial charge in [-0.2, -0.15) is 4.98 Å². The van der Waals surface area contributed by atoms with E-state index in [1.807, 2.05) is 30.3 Å². The molecule has 0 aliphatic carbocycles. The minimum absolute atomic E-state index is 0.160. The van der Waals surface area contributed by atoms with E-state index in [0.717, 1.165) is 12.3 Å². The van der Waals surface area contributed by atoms with E-state index in [2.05, 4.69) is 15.5 Å². The van der Waals surface area contributed by atoms with Crippen molar-refractivity contribution in [2.45, 2.75) is 12.7 Å². The van der Waals surface area contributed by atoms with Gasteiger partial charge in [0.2, 0.25) is 5.82 Å². The Morgan fingerprint density at radius 3 is 3.00 bits per heavy atom. The van der Waals surface area contributed by atoms with E-state index >= 15 is 0 Å². The maximum atomic E-state index is 5.55. The highest BCUT2D eigenvalue weighted by molar-refractivity contribution is 5.20. The van der Waals surface area contributed by atoms with Gasteiger partial charge in [-0.3, -0.25) is 0 Å². The first-order chi connectivity index (χ1) is 9.42. The quantitative estimate of drug-likeness (QED) is 0.895. The largest absolute Gasteiger partial charge is 0.485 e. The van der Waals surface area contributed by atoms with Crippen LogP contribution in [0, 0.1) is 0 Å². The van der Waals surface area contributed by atoms with Crippen molar-refractivity contribution in [1.82, 2.24) is 15.5 Å². The average Bonchev–Trinajstić information content (AvgIpc) is 2.96. The van der Waals surface area contributed by atoms with E-state index in [1.165, 1.54) is 0 Å². The summed E-state index contributed by atoms with van der Waals surface area (Å²) in [5, 5.41) is 7.10. The summed E-state index contributed by atoms with van der Waals surface area (Å²) in [6, 6.07) is 9.54. The van der Waals surface area contributed by atoms with Gasteiger partial charge in [-0.05, 0) is 12.1 Å². The zero-order valence-electron chi connectivity index (χ0n) is 10.4. The molecule has 1 aromatic heterocycles. The first kappa shape index (κ1) is 12.1. The van der Waals surface area contributed by atoms with Crippen molar-refractivity contribution in [3.8, 4) is 5.75 Å². The second kappa shape index (κ2) is 5.81. The highest BCUT2D eigenvalue weighted by Crippen LogP contribution is 2.17. The summed E-state index contributed by atoms with van der Waals surface area (Å²) in [5.41, 5.74) is 0. The SMILES string of the molecule is c1ccc(OCc2noc([C@H]3CNCCO3)n2)cc1. The number of benzene rings is 1. The van der Waals surface area contributed by atoms with Crippen LogP contribution in [0.15, 0.2) is 34.9 Å². The predicted octanol–water partition coefficient (Wildman–Crippen LogP) is 1.31. The molecule has 2 aromatic rings. The van der Waals surface area contributed by atoms with Gasteiger partial charge in [-0.15, -0.1) is 0 Å². The van der Waals surface area contributed by atoms with Crippen LogP contribution in [0.2, 0.25) is 0 Å². The molecule has 1 aliphatic heterocycles. The summed E-state index contributed by atoms with van der Waals surface area (Å²) in [6.45, 7) is 2.49. The summed E-state index contributed by atoms with van der Waals surface area (Å²) in [5.74, 6) is 1.80. The molecule has 0 radical (unpaired) electrons. The molecule has 1 atom stereocenters. The van der Waals surface area contributed by atoms with Crippen LogP contribution in [-0.2, 0) is 11.3 Å². The van der Waals surface area contributed by atoms with E-state index in [-0.39, 0.29) is 12.7 Å². The van der Waals surface area contributed by atoms with E-state index in [1.54, 1.807) is 0 Å². The Hall–Kier alpha value is -1.92. The molecule has 1 saturated heterocycles. The summed E-state index contributed by atoms with van der Waals surface area (Å²) in [6.07, 6.45) is -0.160. The van der Waals surface area contributed by atoms with Gasteiger partial charge in [0.25, 0.3) is 5.89 Å². The predicted molar refractivity (Wildman–Crippen MR) is 66.6 cm³/mol. The molecule has 0 saturated carbocycles. The van der Waals surface area contributed by atoms with E-state index < -0.39 is 0 Å². The number of morpholine rings is 1. The molecule has 0 unspecified atom stereocenters. The van der Waals surface area contributed by atoms with E-state index in [0.29, 0.717) is 24.9 Å². The number of nitrogens with one attached hydrogen (secondary N) is 1. The van der Waals surface area contributed by atoms with Crippen LogP contribution in [0.3, 0.4) is 0 Å². The van der Waals surface area contributed by atoms with Crippen molar-refractivity contribution in [2.24, 2.45) is 0 Å². The molecule has 6 nitrogen and oxygen atoms in total. The Kier molecular flexibility index (Phi) is 3.71. The number of nitrogens with zero attached hydrogens (tertiary/aromatic N) is 2. The van der Waals surface area contributed by atoms with Crippen molar-refractivity contribution in [1.29, 1.82) is 0 Å². The number of rotatable bonds is 4. The first-order valence-corrected chi connectivity index (χ1v) is 6.24. The second-order valence-corrected chi connectivity index (χ2v) is 4.21. The second-order valence-electron chi connectivity index (χ2n) is 4.21. The number of hydrogen-bond acceptors (Lipinski definition) is 6. The fourth-order valence-corrected chi connectivity index (χ4v) is 1.85. The van der Waals surface area contributed by atoms with Crippen molar-refractivity contribution in [3.63, 3.8) is 0 Å². The van der Waals surface area contributed by atoms with Gasteiger partial charge in [-0.25, -0.2) is 0 Å².